The summed E-state index contributed by atoms with van der Waals surface area (Å²) in [6.07, 6.45) is 15.1. The molecule has 32 heavy (non-hydrogen) atoms. The average Bonchev–Trinajstić information content (AvgIpc) is 3.35. The van der Waals surface area contributed by atoms with E-state index in [1.807, 2.05) is 54.8 Å². The summed E-state index contributed by atoms with van der Waals surface area (Å²) in [4.78, 5) is 8.36. The number of hydrogen-bond donors (Lipinski definition) is 3. The van der Waals surface area contributed by atoms with Gasteiger partial charge >= 0.3 is 0 Å². The van der Waals surface area contributed by atoms with Crippen LogP contribution in [0.5, 0.6) is 11.5 Å². The summed E-state index contributed by atoms with van der Waals surface area (Å²) < 4.78 is 12.4. The van der Waals surface area contributed by atoms with Gasteiger partial charge in [-0.05, 0) is 61.9 Å². The van der Waals surface area contributed by atoms with Crippen molar-refractivity contribution in [3.05, 3.63) is 83.4 Å². The molecule has 1 unspecified atom stereocenters. The van der Waals surface area contributed by atoms with E-state index in [1.54, 1.807) is 18.7 Å². The van der Waals surface area contributed by atoms with E-state index in [0.29, 0.717) is 29.2 Å². The summed E-state index contributed by atoms with van der Waals surface area (Å²) in [6, 6.07) is 9.56. The largest absolute Gasteiger partial charge is 0.454 e. The molecule has 3 heterocycles. The lowest BCUT2D eigenvalue weighted by Crippen LogP contribution is -2.47. The number of rotatable bonds is 7. The van der Waals surface area contributed by atoms with Gasteiger partial charge in [0.15, 0.2) is 5.72 Å². The lowest BCUT2D eigenvalue weighted by atomic mass is 9.93. The third kappa shape index (κ3) is 4.41. The van der Waals surface area contributed by atoms with Crippen LogP contribution >= 0.6 is 11.6 Å². The first-order valence-corrected chi connectivity index (χ1v) is 11.0. The van der Waals surface area contributed by atoms with Gasteiger partial charge in [0.1, 0.15) is 11.5 Å². The van der Waals surface area contributed by atoms with Crippen molar-refractivity contribution >= 4 is 23.6 Å². The monoisotopic (exact) mass is 449 g/mol. The van der Waals surface area contributed by atoms with Crippen LogP contribution < -0.4 is 20.7 Å². The van der Waals surface area contributed by atoms with E-state index in [2.05, 4.69) is 25.9 Å². The highest BCUT2D eigenvalue weighted by Crippen LogP contribution is 2.37. The Morgan fingerprint density at radius 1 is 1.28 bits per heavy atom. The number of ether oxygens (including phenoxy) is 2. The standard InChI is InChI=1S/C24H24ClN5O2/c25-21-12-17(7-8-23(21)32-19-5-3-10-26-13-19)30-24(31-15-18-4-2-11-28-18)9-1-6-22-20(24)14-27-16-29-22/h1,3,5-10,12-14,16,18,28,30H,2,4,11,15H2,(H,27,29)/t18-,24?/m1/s1. The average molecular weight is 450 g/mol. The minimum absolute atomic E-state index is 0.330. The number of pyridine rings is 1. The number of aliphatic imine (C=N–C) groups is 1. The Hall–Kier alpha value is -3.13. The van der Waals surface area contributed by atoms with Crippen LogP contribution in [0, 0.1) is 0 Å². The molecule has 2 atom stereocenters. The minimum atomic E-state index is -0.881. The smallest absolute Gasteiger partial charge is 0.188 e. The Labute approximate surface area is 191 Å². The van der Waals surface area contributed by atoms with Gasteiger partial charge in [0.05, 0.1) is 29.7 Å². The van der Waals surface area contributed by atoms with Gasteiger partial charge in [0.25, 0.3) is 0 Å². The Kier molecular flexibility index (Phi) is 5.94. The molecule has 2 aromatic rings. The lowest BCUT2D eigenvalue weighted by molar-refractivity contribution is 0.0281. The van der Waals surface area contributed by atoms with Crippen molar-refractivity contribution in [1.29, 1.82) is 0 Å². The Morgan fingerprint density at radius 3 is 3.06 bits per heavy atom. The fourth-order valence-electron chi connectivity index (χ4n) is 3.98. The number of allylic oxidation sites excluding steroid dienone is 2. The second-order valence-corrected chi connectivity index (χ2v) is 8.21. The lowest BCUT2D eigenvalue weighted by Gasteiger charge is -2.39. The number of fused-ring (bicyclic) bond motifs is 1. The maximum absolute atomic E-state index is 6.54. The number of halogens is 1. The van der Waals surface area contributed by atoms with Crippen molar-refractivity contribution in [3.63, 3.8) is 0 Å². The van der Waals surface area contributed by atoms with Crippen LogP contribution in [0.1, 0.15) is 12.8 Å². The summed E-state index contributed by atoms with van der Waals surface area (Å²) in [5, 5.41) is 10.7. The van der Waals surface area contributed by atoms with Gasteiger partial charge in [0, 0.05) is 29.8 Å². The van der Waals surface area contributed by atoms with E-state index in [-0.39, 0.29) is 0 Å². The zero-order valence-electron chi connectivity index (χ0n) is 17.4. The molecule has 5 rings (SSSR count). The van der Waals surface area contributed by atoms with E-state index >= 15 is 0 Å². The topological polar surface area (TPSA) is 79.8 Å². The van der Waals surface area contributed by atoms with Crippen LogP contribution in [0.15, 0.2) is 83.4 Å². The molecule has 0 saturated carbocycles. The number of benzene rings is 1. The first-order chi connectivity index (χ1) is 15.7. The normalized spacial score (nSPS) is 23.7. The fraction of sp³-hybridized carbons (Fsp3) is 0.250. The van der Waals surface area contributed by atoms with Crippen LogP contribution in [0.3, 0.4) is 0 Å². The first kappa shape index (κ1) is 20.8. The van der Waals surface area contributed by atoms with E-state index in [4.69, 9.17) is 21.1 Å². The van der Waals surface area contributed by atoms with Crippen molar-refractivity contribution < 1.29 is 9.47 Å². The Morgan fingerprint density at radius 2 is 2.25 bits per heavy atom. The molecule has 164 valence electrons. The molecule has 1 aliphatic carbocycles. The molecule has 3 N–H and O–H groups in total. The predicted octanol–water partition coefficient (Wildman–Crippen LogP) is 4.37. The number of aromatic nitrogens is 1. The second-order valence-electron chi connectivity index (χ2n) is 7.81. The molecule has 3 aliphatic rings. The van der Waals surface area contributed by atoms with Gasteiger partial charge < -0.3 is 25.4 Å². The summed E-state index contributed by atoms with van der Waals surface area (Å²) >= 11 is 6.54. The molecule has 0 amide bonds. The Balaban J connectivity index is 1.40. The quantitative estimate of drug-likeness (QED) is 0.544. The number of hydrogen-bond acceptors (Lipinski definition) is 7. The van der Waals surface area contributed by atoms with Crippen molar-refractivity contribution in [2.45, 2.75) is 24.6 Å². The van der Waals surface area contributed by atoms with Gasteiger partial charge in [-0.15, -0.1) is 0 Å². The third-order valence-corrected chi connectivity index (χ3v) is 5.88. The SMILES string of the molecule is Clc1cc(NC2(OC[C@H]3CCCN3)C=CC=C3NC=NC=C32)ccc1Oc1cccnc1. The Bertz CT molecular complexity index is 1090. The zero-order chi connectivity index (χ0) is 21.8. The first-order valence-electron chi connectivity index (χ1n) is 10.6. The molecule has 1 fully saturated rings. The molecule has 7 nitrogen and oxygen atoms in total. The van der Waals surface area contributed by atoms with Crippen molar-refractivity contribution in [3.8, 4) is 11.5 Å². The second kappa shape index (κ2) is 9.16. The summed E-state index contributed by atoms with van der Waals surface area (Å²) in [5.74, 6) is 1.18. The predicted molar refractivity (Wildman–Crippen MR) is 126 cm³/mol. The van der Waals surface area contributed by atoms with E-state index in [0.717, 1.165) is 36.3 Å². The van der Waals surface area contributed by atoms with Crippen LogP contribution in [-0.4, -0.2) is 36.2 Å². The third-order valence-electron chi connectivity index (χ3n) is 5.58. The molecule has 2 aliphatic heterocycles. The summed E-state index contributed by atoms with van der Waals surface area (Å²) in [5.41, 5.74) is 1.77. The van der Waals surface area contributed by atoms with Gasteiger partial charge in [0.2, 0.25) is 0 Å². The van der Waals surface area contributed by atoms with Crippen molar-refractivity contribution in [2.75, 3.05) is 18.5 Å². The highest BCUT2D eigenvalue weighted by molar-refractivity contribution is 6.32. The molecule has 0 bridgehead atoms. The van der Waals surface area contributed by atoms with E-state index < -0.39 is 5.72 Å². The van der Waals surface area contributed by atoms with Crippen molar-refractivity contribution in [1.82, 2.24) is 15.6 Å². The van der Waals surface area contributed by atoms with Gasteiger partial charge in [-0.1, -0.05) is 17.7 Å². The van der Waals surface area contributed by atoms with E-state index in [1.165, 1.54) is 0 Å². The minimum Gasteiger partial charge on any atom is -0.454 e. The molecule has 0 spiro atoms. The highest BCUT2D eigenvalue weighted by Gasteiger charge is 2.38. The number of anilines is 1. The summed E-state index contributed by atoms with van der Waals surface area (Å²) in [7, 11) is 0. The molecule has 1 aromatic carbocycles. The molecule has 8 heteroatoms. The number of nitrogens with zero attached hydrogens (tertiary/aromatic N) is 2. The van der Waals surface area contributed by atoms with Crippen LogP contribution in [0.2, 0.25) is 5.02 Å². The fourth-order valence-corrected chi connectivity index (χ4v) is 4.20. The molecule has 1 aromatic heterocycles. The maximum atomic E-state index is 6.54. The van der Waals surface area contributed by atoms with Gasteiger partial charge in [-0.25, -0.2) is 4.99 Å². The molecular formula is C24H24ClN5O2. The highest BCUT2D eigenvalue weighted by atomic mass is 35.5. The van der Waals surface area contributed by atoms with Crippen LogP contribution in [0.25, 0.3) is 0 Å². The maximum Gasteiger partial charge on any atom is 0.188 e. The van der Waals surface area contributed by atoms with Crippen LogP contribution in [0.4, 0.5) is 5.69 Å². The van der Waals surface area contributed by atoms with Crippen molar-refractivity contribution in [2.24, 2.45) is 4.99 Å². The molecular weight excluding hydrogens is 426 g/mol. The summed E-state index contributed by atoms with van der Waals surface area (Å²) in [6.45, 7) is 1.60. The number of nitrogens with one attached hydrogen (secondary N) is 3. The zero-order valence-corrected chi connectivity index (χ0v) is 18.2. The van der Waals surface area contributed by atoms with Gasteiger partial charge in [-0.2, -0.15) is 0 Å². The van der Waals surface area contributed by atoms with E-state index in [9.17, 15) is 0 Å². The molecule has 1 saturated heterocycles. The van der Waals surface area contributed by atoms with Crippen LogP contribution in [-0.2, 0) is 4.74 Å². The molecule has 0 radical (unpaired) electrons. The van der Waals surface area contributed by atoms with Gasteiger partial charge in [-0.3, -0.25) is 4.98 Å².